The molecule has 0 unspecified atom stereocenters. The molecule has 0 bridgehead atoms. The number of phenolic OH excluding ortho intramolecular Hbond substituents is 1. The van der Waals surface area contributed by atoms with Gasteiger partial charge in [0.05, 0.1) is 19.8 Å². The maximum atomic E-state index is 13.7. The van der Waals surface area contributed by atoms with Gasteiger partial charge in [0.15, 0.2) is 11.7 Å². The second-order valence-electron chi connectivity index (χ2n) is 8.27. The highest BCUT2D eigenvalue weighted by Gasteiger charge is 2.54. The lowest BCUT2D eigenvalue weighted by Crippen LogP contribution is -2.42. The molecule has 0 amide bonds. The van der Waals surface area contributed by atoms with Crippen molar-refractivity contribution in [3.8, 4) is 28.7 Å². The summed E-state index contributed by atoms with van der Waals surface area (Å²) in [5.74, 6) is 2.79. The molecule has 1 N–H and O–H groups in total. The normalized spacial score (nSPS) is 13.2. The third-order valence-corrected chi connectivity index (χ3v) is 6.26. The number of esters is 2. The van der Waals surface area contributed by atoms with Gasteiger partial charge < -0.3 is 14.6 Å². The van der Waals surface area contributed by atoms with Crippen molar-refractivity contribution in [1.29, 1.82) is 0 Å². The van der Waals surface area contributed by atoms with E-state index in [4.69, 9.17) is 9.47 Å². The molecule has 36 heavy (non-hydrogen) atoms. The van der Waals surface area contributed by atoms with E-state index in [9.17, 15) is 28.3 Å². The largest absolute Gasteiger partial charge is 0.507 e. The second-order valence-corrected chi connectivity index (χ2v) is 8.27. The molecule has 0 fully saturated rings. The van der Waals surface area contributed by atoms with Crippen LogP contribution >= 0.6 is 0 Å². The Morgan fingerprint density at radius 2 is 1.42 bits per heavy atom. The number of rotatable bonds is 4. The quantitative estimate of drug-likeness (QED) is 0.258. The summed E-state index contributed by atoms with van der Waals surface area (Å²) in [6.45, 7) is 0. The van der Waals surface area contributed by atoms with Crippen molar-refractivity contribution < 1.29 is 37.7 Å². The SMILES string of the molecule is COC(=O)C1(C(=O)OC)Cc2c(O)c(C=O)c(-c3ccc(F)cc3)c(C#Cc3ccc(F)cc3)c2C1. The van der Waals surface area contributed by atoms with E-state index in [1.54, 1.807) is 0 Å². The molecular formula is C28H20F2O6. The van der Waals surface area contributed by atoms with Gasteiger partial charge in [0.2, 0.25) is 0 Å². The zero-order chi connectivity index (χ0) is 26.0. The molecule has 1 aliphatic rings. The average Bonchev–Trinajstić information content (AvgIpc) is 3.31. The fraction of sp³-hybridized carbons (Fsp3) is 0.179. The Labute approximate surface area is 205 Å². The van der Waals surface area contributed by atoms with Gasteiger partial charge in [-0.1, -0.05) is 24.0 Å². The van der Waals surface area contributed by atoms with Gasteiger partial charge in [0.1, 0.15) is 17.4 Å². The zero-order valence-corrected chi connectivity index (χ0v) is 19.4. The summed E-state index contributed by atoms with van der Waals surface area (Å²) in [7, 11) is 2.26. The molecule has 4 rings (SSSR count). The van der Waals surface area contributed by atoms with Gasteiger partial charge in [0.25, 0.3) is 0 Å². The summed E-state index contributed by atoms with van der Waals surface area (Å²) < 4.78 is 36.8. The average molecular weight is 490 g/mol. The first kappa shape index (κ1) is 24.6. The number of benzene rings is 3. The number of aldehydes is 1. The van der Waals surface area contributed by atoms with Crippen LogP contribution in [0.5, 0.6) is 5.75 Å². The molecule has 0 saturated carbocycles. The predicted molar refractivity (Wildman–Crippen MR) is 125 cm³/mol. The molecule has 0 heterocycles. The Kier molecular flexibility index (Phi) is 6.58. The van der Waals surface area contributed by atoms with Crippen molar-refractivity contribution in [1.82, 2.24) is 0 Å². The molecule has 0 saturated heterocycles. The lowest BCUT2D eigenvalue weighted by molar-refractivity contribution is -0.168. The van der Waals surface area contributed by atoms with E-state index in [1.165, 1.54) is 48.5 Å². The first-order chi connectivity index (χ1) is 17.2. The number of phenols is 1. The van der Waals surface area contributed by atoms with Crippen LogP contribution < -0.4 is 0 Å². The number of carbonyl (C=O) groups excluding carboxylic acids is 3. The van der Waals surface area contributed by atoms with Crippen molar-refractivity contribution >= 4 is 18.2 Å². The maximum Gasteiger partial charge on any atom is 0.323 e. The van der Waals surface area contributed by atoms with Crippen molar-refractivity contribution in [3.05, 3.63) is 88.0 Å². The number of hydrogen-bond donors (Lipinski definition) is 1. The number of halogens is 2. The summed E-state index contributed by atoms with van der Waals surface area (Å²) in [6, 6.07) is 10.6. The first-order valence-electron chi connectivity index (χ1n) is 10.8. The number of ether oxygens (including phenoxy) is 2. The van der Waals surface area contributed by atoms with Crippen LogP contribution in [0.2, 0.25) is 0 Å². The first-order valence-corrected chi connectivity index (χ1v) is 10.8. The molecule has 0 aliphatic heterocycles. The van der Waals surface area contributed by atoms with Crippen molar-refractivity contribution in [3.63, 3.8) is 0 Å². The van der Waals surface area contributed by atoms with Crippen LogP contribution in [0.3, 0.4) is 0 Å². The number of carbonyl (C=O) groups is 3. The van der Waals surface area contributed by atoms with E-state index in [2.05, 4.69) is 11.8 Å². The van der Waals surface area contributed by atoms with Gasteiger partial charge in [-0.25, -0.2) is 8.78 Å². The smallest absolute Gasteiger partial charge is 0.323 e. The van der Waals surface area contributed by atoms with Crippen LogP contribution in [0.25, 0.3) is 11.1 Å². The Morgan fingerprint density at radius 3 is 1.94 bits per heavy atom. The van der Waals surface area contributed by atoms with E-state index in [0.29, 0.717) is 23.0 Å². The standard InChI is InChI=1S/C28H20F2O6/c1-35-26(33)28(27(34)36-2)13-21-20(12-5-16-3-8-18(29)9-4-16)24(17-6-10-19(30)11-7-17)23(15-31)25(32)22(21)14-28/h3-4,6-11,15,32H,13-14H2,1-2H3. The lowest BCUT2D eigenvalue weighted by Gasteiger charge is -2.22. The minimum absolute atomic E-state index is 0.130. The fourth-order valence-electron chi connectivity index (χ4n) is 4.51. The second kappa shape index (κ2) is 9.62. The number of hydrogen-bond acceptors (Lipinski definition) is 6. The Bertz CT molecular complexity index is 1410. The Balaban J connectivity index is 2.04. The number of fused-ring (bicyclic) bond motifs is 1. The van der Waals surface area contributed by atoms with E-state index >= 15 is 0 Å². The highest BCUT2D eigenvalue weighted by Crippen LogP contribution is 2.48. The molecule has 0 atom stereocenters. The van der Waals surface area contributed by atoms with Gasteiger partial charge in [-0.15, -0.1) is 0 Å². The maximum absolute atomic E-state index is 13.7. The van der Waals surface area contributed by atoms with Crippen molar-refractivity contribution in [2.45, 2.75) is 12.8 Å². The van der Waals surface area contributed by atoms with Gasteiger partial charge in [-0.3, -0.25) is 14.4 Å². The molecule has 3 aromatic carbocycles. The highest BCUT2D eigenvalue weighted by atomic mass is 19.1. The van der Waals surface area contributed by atoms with Crippen LogP contribution in [0.4, 0.5) is 8.78 Å². The molecule has 0 radical (unpaired) electrons. The molecule has 3 aromatic rings. The number of methoxy groups -OCH3 is 2. The summed E-state index contributed by atoms with van der Waals surface area (Å²) in [6.07, 6.45) is -0.0487. The van der Waals surface area contributed by atoms with Gasteiger partial charge in [-0.2, -0.15) is 0 Å². The third-order valence-electron chi connectivity index (χ3n) is 6.26. The monoisotopic (exact) mass is 490 g/mol. The zero-order valence-electron chi connectivity index (χ0n) is 19.4. The summed E-state index contributed by atoms with van der Waals surface area (Å²) in [5, 5.41) is 11.1. The van der Waals surface area contributed by atoms with Gasteiger partial charge in [-0.05, 0) is 47.5 Å². The molecule has 0 aromatic heterocycles. The van der Waals surface area contributed by atoms with E-state index in [-0.39, 0.29) is 35.1 Å². The summed E-state index contributed by atoms with van der Waals surface area (Å²) >= 11 is 0. The van der Waals surface area contributed by atoms with Crippen LogP contribution in [0.15, 0.2) is 48.5 Å². The minimum atomic E-state index is -1.79. The molecule has 1 aliphatic carbocycles. The van der Waals surface area contributed by atoms with E-state index in [1.807, 2.05) is 0 Å². The van der Waals surface area contributed by atoms with Gasteiger partial charge in [0, 0.05) is 35.1 Å². The highest BCUT2D eigenvalue weighted by molar-refractivity contribution is 6.03. The van der Waals surface area contributed by atoms with Crippen molar-refractivity contribution in [2.75, 3.05) is 14.2 Å². The molecule has 182 valence electrons. The van der Waals surface area contributed by atoms with E-state index < -0.39 is 34.7 Å². The molecular weight excluding hydrogens is 470 g/mol. The predicted octanol–water partition coefficient (Wildman–Crippen LogP) is 3.98. The number of aromatic hydroxyl groups is 1. The molecule has 6 nitrogen and oxygen atoms in total. The summed E-state index contributed by atoms with van der Waals surface area (Å²) in [4.78, 5) is 37.8. The molecule has 8 heteroatoms. The lowest BCUT2D eigenvalue weighted by atomic mass is 9.84. The fourth-order valence-corrected chi connectivity index (χ4v) is 4.51. The topological polar surface area (TPSA) is 89.9 Å². The van der Waals surface area contributed by atoms with Crippen LogP contribution in [-0.4, -0.2) is 37.6 Å². The summed E-state index contributed by atoms with van der Waals surface area (Å²) in [5.41, 5.74) is -0.0806. The van der Waals surface area contributed by atoms with Crippen molar-refractivity contribution in [2.24, 2.45) is 5.41 Å². The van der Waals surface area contributed by atoms with Crippen LogP contribution in [0, 0.1) is 28.9 Å². The van der Waals surface area contributed by atoms with Crippen LogP contribution in [0.1, 0.15) is 32.6 Å². The van der Waals surface area contributed by atoms with Crippen LogP contribution in [-0.2, 0) is 31.9 Å². The van der Waals surface area contributed by atoms with Gasteiger partial charge >= 0.3 is 11.9 Å². The molecule has 0 spiro atoms. The Morgan fingerprint density at radius 1 is 0.889 bits per heavy atom. The Hall–Kier alpha value is -4.51. The van der Waals surface area contributed by atoms with E-state index in [0.717, 1.165) is 14.2 Å². The minimum Gasteiger partial charge on any atom is -0.507 e. The third kappa shape index (κ3) is 4.09.